The van der Waals surface area contributed by atoms with Crippen molar-refractivity contribution < 1.29 is 9.53 Å². The predicted octanol–water partition coefficient (Wildman–Crippen LogP) is 5.55. The number of hydrogen-bond acceptors (Lipinski definition) is 2. The van der Waals surface area contributed by atoms with Gasteiger partial charge in [-0.15, -0.1) is 0 Å². The van der Waals surface area contributed by atoms with Crippen molar-refractivity contribution in [1.29, 1.82) is 0 Å². The van der Waals surface area contributed by atoms with Crippen LogP contribution in [0.5, 0.6) is 5.75 Å². The third kappa shape index (κ3) is 4.56. The van der Waals surface area contributed by atoms with Gasteiger partial charge in [-0.3, -0.25) is 4.79 Å². The molecule has 4 rings (SSSR count). The van der Waals surface area contributed by atoms with Crippen molar-refractivity contribution in [1.82, 2.24) is 5.32 Å². The number of rotatable bonds is 6. The third-order valence-electron chi connectivity index (χ3n) is 5.86. The fourth-order valence-corrected chi connectivity index (χ4v) is 4.12. The first-order chi connectivity index (χ1) is 14.6. The van der Waals surface area contributed by atoms with Gasteiger partial charge in [-0.25, -0.2) is 0 Å². The highest BCUT2D eigenvalue weighted by Gasteiger charge is 2.23. The molecule has 0 unspecified atom stereocenters. The molecule has 3 nitrogen and oxygen atoms in total. The Hall–Kier alpha value is -3.07. The van der Waals surface area contributed by atoms with Gasteiger partial charge in [0.15, 0.2) is 6.10 Å². The molecule has 0 fully saturated rings. The molecule has 0 spiro atoms. The summed E-state index contributed by atoms with van der Waals surface area (Å²) >= 11 is 0. The molecule has 154 valence electrons. The minimum atomic E-state index is -0.574. The zero-order valence-corrected chi connectivity index (χ0v) is 17.7. The first-order valence-corrected chi connectivity index (χ1v) is 10.8. The summed E-state index contributed by atoms with van der Waals surface area (Å²) in [5.41, 5.74) is 5.93. The lowest BCUT2D eigenvalue weighted by Gasteiger charge is -2.25. The summed E-state index contributed by atoms with van der Waals surface area (Å²) < 4.78 is 6.15. The first kappa shape index (κ1) is 20.2. The topological polar surface area (TPSA) is 38.3 Å². The van der Waals surface area contributed by atoms with Gasteiger partial charge < -0.3 is 10.1 Å². The number of fused-ring (bicyclic) bond motifs is 1. The normalized spacial score (nSPS) is 15.0. The van der Waals surface area contributed by atoms with Gasteiger partial charge in [0.05, 0.1) is 6.04 Å². The zero-order valence-electron chi connectivity index (χ0n) is 17.7. The van der Waals surface area contributed by atoms with Gasteiger partial charge in [0.1, 0.15) is 5.75 Å². The second-order valence-electron chi connectivity index (χ2n) is 8.12. The van der Waals surface area contributed by atoms with Crippen LogP contribution in [0, 0.1) is 6.92 Å². The van der Waals surface area contributed by atoms with Crippen LogP contribution in [0.25, 0.3) is 0 Å². The van der Waals surface area contributed by atoms with Gasteiger partial charge >= 0.3 is 0 Å². The van der Waals surface area contributed by atoms with Crippen molar-refractivity contribution in [3.05, 3.63) is 101 Å². The number of carbonyl (C=O) groups excluding carboxylic acids is 1. The van der Waals surface area contributed by atoms with Gasteiger partial charge in [0, 0.05) is 0 Å². The summed E-state index contributed by atoms with van der Waals surface area (Å²) in [5, 5.41) is 3.21. The van der Waals surface area contributed by atoms with Gasteiger partial charge in [0.2, 0.25) is 0 Å². The van der Waals surface area contributed by atoms with E-state index in [4.69, 9.17) is 4.74 Å². The van der Waals surface area contributed by atoms with Crippen LogP contribution in [-0.4, -0.2) is 12.0 Å². The fraction of sp³-hybridized carbons (Fsp3) is 0.296. The van der Waals surface area contributed by atoms with Crippen molar-refractivity contribution in [3.8, 4) is 5.75 Å². The molecule has 1 aliphatic rings. The van der Waals surface area contributed by atoms with Crippen LogP contribution in [0.1, 0.15) is 53.6 Å². The molecule has 2 atom stereocenters. The Labute approximate surface area is 179 Å². The molecule has 30 heavy (non-hydrogen) atoms. The zero-order chi connectivity index (χ0) is 20.9. The van der Waals surface area contributed by atoms with Crippen LogP contribution in [0.4, 0.5) is 0 Å². The molecule has 0 saturated heterocycles. The van der Waals surface area contributed by atoms with E-state index in [0.717, 1.165) is 29.7 Å². The number of nitrogens with one attached hydrogen (secondary N) is 1. The SMILES string of the molecule is Cc1ccc([C@@H](NC(=O)[C@@H](C)Oc2cccc3c2CCCC3)c2ccccc2)cc1. The lowest BCUT2D eigenvalue weighted by Crippen LogP contribution is -2.39. The number of aryl methyl sites for hydroxylation is 2. The molecular formula is C27H29NO2. The Morgan fingerprint density at radius 3 is 2.33 bits per heavy atom. The van der Waals surface area contributed by atoms with Crippen LogP contribution in [0.3, 0.4) is 0 Å². The van der Waals surface area contributed by atoms with Gasteiger partial charge in [-0.2, -0.15) is 0 Å². The van der Waals surface area contributed by atoms with Crippen LogP contribution >= 0.6 is 0 Å². The summed E-state index contributed by atoms with van der Waals surface area (Å²) in [6.45, 7) is 3.89. The summed E-state index contributed by atoms with van der Waals surface area (Å²) in [4.78, 5) is 13.1. The monoisotopic (exact) mass is 399 g/mol. The number of ether oxygens (including phenoxy) is 1. The molecule has 0 aliphatic heterocycles. The number of amides is 1. The molecule has 3 aromatic rings. The number of hydrogen-bond donors (Lipinski definition) is 1. The van der Waals surface area contributed by atoms with Crippen molar-refractivity contribution in [2.75, 3.05) is 0 Å². The molecule has 3 heteroatoms. The maximum absolute atomic E-state index is 13.1. The average molecular weight is 400 g/mol. The molecule has 1 N–H and O–H groups in total. The lowest BCUT2D eigenvalue weighted by atomic mass is 9.91. The second kappa shape index (κ2) is 9.17. The fourth-order valence-electron chi connectivity index (χ4n) is 4.12. The standard InChI is InChI=1S/C27H29NO2/c1-19-15-17-23(18-16-19)26(22-10-4-3-5-11-22)28-27(29)20(2)30-25-14-8-12-21-9-6-7-13-24(21)25/h3-5,8,10-12,14-18,20,26H,6-7,9,13H2,1-2H3,(H,28,29)/t20-,26+/m1/s1. The van der Waals surface area contributed by atoms with Crippen molar-refractivity contribution in [3.63, 3.8) is 0 Å². The van der Waals surface area contributed by atoms with Crippen molar-refractivity contribution in [2.45, 2.75) is 51.7 Å². The van der Waals surface area contributed by atoms with Crippen molar-refractivity contribution in [2.24, 2.45) is 0 Å². The highest BCUT2D eigenvalue weighted by molar-refractivity contribution is 5.81. The Bertz CT molecular complexity index is 995. The largest absolute Gasteiger partial charge is 0.481 e. The van der Waals surface area contributed by atoms with Gasteiger partial charge in [0.25, 0.3) is 5.91 Å². The maximum Gasteiger partial charge on any atom is 0.261 e. The number of carbonyl (C=O) groups is 1. The van der Waals surface area contributed by atoms with E-state index < -0.39 is 6.10 Å². The van der Waals surface area contributed by atoms with E-state index in [9.17, 15) is 4.79 Å². The summed E-state index contributed by atoms with van der Waals surface area (Å²) in [7, 11) is 0. The highest BCUT2D eigenvalue weighted by atomic mass is 16.5. The Morgan fingerprint density at radius 1 is 0.867 bits per heavy atom. The molecular weight excluding hydrogens is 370 g/mol. The number of benzene rings is 3. The predicted molar refractivity (Wildman–Crippen MR) is 121 cm³/mol. The maximum atomic E-state index is 13.1. The van der Waals surface area contributed by atoms with E-state index in [0.29, 0.717) is 0 Å². The lowest BCUT2D eigenvalue weighted by molar-refractivity contribution is -0.127. The first-order valence-electron chi connectivity index (χ1n) is 10.8. The third-order valence-corrected chi connectivity index (χ3v) is 5.86. The van der Waals surface area contributed by atoms with E-state index in [2.05, 4.69) is 42.6 Å². The Balaban J connectivity index is 1.53. The van der Waals surface area contributed by atoms with Crippen LogP contribution in [0.15, 0.2) is 72.8 Å². The summed E-state index contributed by atoms with van der Waals surface area (Å²) in [5.74, 6) is 0.735. The van der Waals surface area contributed by atoms with E-state index in [1.54, 1.807) is 0 Å². The molecule has 1 aliphatic carbocycles. The molecule has 1 amide bonds. The van der Waals surface area contributed by atoms with E-state index in [1.165, 1.54) is 29.5 Å². The minimum Gasteiger partial charge on any atom is -0.481 e. The van der Waals surface area contributed by atoms with E-state index in [1.807, 2.05) is 49.4 Å². The minimum absolute atomic E-state index is 0.113. The Kier molecular flexibility index (Phi) is 6.18. The quantitative estimate of drug-likeness (QED) is 0.590. The van der Waals surface area contributed by atoms with Crippen LogP contribution in [-0.2, 0) is 17.6 Å². The van der Waals surface area contributed by atoms with E-state index in [-0.39, 0.29) is 11.9 Å². The summed E-state index contributed by atoms with van der Waals surface area (Å²) in [6.07, 6.45) is 3.95. The van der Waals surface area contributed by atoms with Crippen molar-refractivity contribution >= 4 is 5.91 Å². The second-order valence-corrected chi connectivity index (χ2v) is 8.12. The summed E-state index contributed by atoms with van der Waals surface area (Å²) in [6, 6.07) is 24.4. The van der Waals surface area contributed by atoms with E-state index >= 15 is 0 Å². The highest BCUT2D eigenvalue weighted by Crippen LogP contribution is 2.30. The molecule has 0 aromatic heterocycles. The molecule has 0 bridgehead atoms. The Morgan fingerprint density at radius 2 is 1.57 bits per heavy atom. The molecule has 0 saturated carbocycles. The molecule has 0 heterocycles. The van der Waals surface area contributed by atoms with Crippen LogP contribution < -0.4 is 10.1 Å². The smallest absolute Gasteiger partial charge is 0.261 e. The molecule has 0 radical (unpaired) electrons. The average Bonchev–Trinajstić information content (AvgIpc) is 2.79. The van der Waals surface area contributed by atoms with Gasteiger partial charge in [-0.05, 0) is 67.9 Å². The molecule has 3 aromatic carbocycles. The van der Waals surface area contributed by atoms with Gasteiger partial charge in [-0.1, -0.05) is 72.3 Å². The van der Waals surface area contributed by atoms with Crippen LogP contribution in [0.2, 0.25) is 0 Å².